The van der Waals surface area contributed by atoms with E-state index < -0.39 is 7.05 Å². The first-order chi connectivity index (χ1) is 16.5. The van der Waals surface area contributed by atoms with Crippen LogP contribution in [0.5, 0.6) is 5.75 Å². The van der Waals surface area contributed by atoms with E-state index in [1.165, 1.54) is 23.1 Å². The molecular weight excluding hydrogens is 433 g/mol. The highest BCUT2D eigenvalue weighted by Gasteiger charge is 2.24. The third-order valence-corrected chi connectivity index (χ3v) is 6.21. The van der Waals surface area contributed by atoms with E-state index in [1.54, 1.807) is 13.0 Å². The number of aromatic hydroxyl groups is 1. The van der Waals surface area contributed by atoms with Gasteiger partial charge in [-0.15, -0.1) is 0 Å². The Morgan fingerprint density at radius 1 is 1.24 bits per heavy atom. The van der Waals surface area contributed by atoms with Crippen LogP contribution in [0.25, 0.3) is 16.6 Å². The van der Waals surface area contributed by atoms with Gasteiger partial charge in [0.25, 0.3) is 5.91 Å². The van der Waals surface area contributed by atoms with E-state index in [2.05, 4.69) is 30.5 Å². The van der Waals surface area contributed by atoms with Crippen LogP contribution in [0.1, 0.15) is 23.2 Å². The van der Waals surface area contributed by atoms with Crippen molar-refractivity contribution in [2.45, 2.75) is 19.7 Å². The predicted octanol–water partition coefficient (Wildman–Crippen LogP) is 2.15. The Morgan fingerprint density at radius 2 is 2.06 bits per heavy atom. The summed E-state index contributed by atoms with van der Waals surface area (Å²) >= 11 is 0. The van der Waals surface area contributed by atoms with Gasteiger partial charge in [0.15, 0.2) is 11.4 Å². The molecule has 5 rings (SSSR count). The molecule has 0 spiro atoms. The Balaban J connectivity index is 1.42. The standard InChI is InChI=1S/C23H26BN7O3/c1-24(34)27-11-15-4-7-30(8-5-15)21-10-19-16(3-2-6-25-19)9-20(21)29-23(33)18-13-28-31-14-17(32)12-26-22(18)31/h2-3,6,9-10,12-15,27,32,34H,4-5,7-8,11H2,1H3,(H,29,33). The fraction of sp³-hybridized carbons (Fsp3) is 0.304. The van der Waals surface area contributed by atoms with Gasteiger partial charge < -0.3 is 25.6 Å². The number of hydrogen-bond acceptors (Lipinski definition) is 8. The first kappa shape index (κ1) is 22.1. The minimum absolute atomic E-state index is 0.0288. The van der Waals surface area contributed by atoms with Crippen LogP contribution in [0.15, 0.2) is 49.1 Å². The molecule has 1 aliphatic heterocycles. The molecule has 0 bridgehead atoms. The van der Waals surface area contributed by atoms with Gasteiger partial charge in [0.1, 0.15) is 5.56 Å². The number of carbonyl (C=O) groups excluding carboxylic acids is 1. The summed E-state index contributed by atoms with van der Waals surface area (Å²) in [6, 6.07) is 7.80. The lowest BCUT2D eigenvalue weighted by molar-refractivity contribution is 0.102. The Hall–Kier alpha value is -3.70. The number of carbonyl (C=O) groups is 1. The fourth-order valence-corrected chi connectivity index (χ4v) is 4.40. The van der Waals surface area contributed by atoms with E-state index in [0.29, 0.717) is 22.8 Å². The number of hydrogen-bond donors (Lipinski definition) is 4. The quantitative estimate of drug-likeness (QED) is 0.323. The summed E-state index contributed by atoms with van der Waals surface area (Å²) in [7, 11) is -0.509. The highest BCUT2D eigenvalue weighted by Crippen LogP contribution is 2.34. The number of fused-ring (bicyclic) bond motifs is 2. The second kappa shape index (κ2) is 9.28. The maximum atomic E-state index is 13.2. The molecule has 34 heavy (non-hydrogen) atoms. The normalized spacial score (nSPS) is 14.6. The third kappa shape index (κ3) is 4.52. The number of pyridine rings is 1. The summed E-state index contributed by atoms with van der Waals surface area (Å²) in [6.45, 7) is 4.19. The van der Waals surface area contributed by atoms with Crippen molar-refractivity contribution < 1.29 is 14.9 Å². The monoisotopic (exact) mass is 459 g/mol. The van der Waals surface area contributed by atoms with Gasteiger partial charge in [-0.2, -0.15) is 5.10 Å². The molecule has 4 heterocycles. The van der Waals surface area contributed by atoms with Gasteiger partial charge in [-0.05, 0) is 50.3 Å². The van der Waals surface area contributed by atoms with E-state index in [9.17, 15) is 14.9 Å². The minimum Gasteiger partial charge on any atom is -0.505 e. The average molecular weight is 459 g/mol. The number of benzene rings is 1. The van der Waals surface area contributed by atoms with Crippen LogP contribution in [0.3, 0.4) is 0 Å². The summed E-state index contributed by atoms with van der Waals surface area (Å²) < 4.78 is 1.38. The number of anilines is 2. The number of piperidine rings is 1. The molecule has 0 saturated carbocycles. The zero-order valence-electron chi connectivity index (χ0n) is 18.8. The van der Waals surface area contributed by atoms with Gasteiger partial charge in [-0.3, -0.25) is 9.78 Å². The Labute approximate surface area is 196 Å². The first-order valence-corrected chi connectivity index (χ1v) is 11.4. The zero-order valence-corrected chi connectivity index (χ0v) is 18.8. The van der Waals surface area contributed by atoms with E-state index in [1.807, 2.05) is 24.3 Å². The summed E-state index contributed by atoms with van der Waals surface area (Å²) in [4.78, 5) is 24.1. The van der Waals surface area contributed by atoms with Gasteiger partial charge in [0.05, 0.1) is 35.5 Å². The molecule has 10 nitrogen and oxygen atoms in total. The Morgan fingerprint density at radius 3 is 2.85 bits per heavy atom. The molecule has 0 radical (unpaired) electrons. The SMILES string of the molecule is CB(O)NCC1CCN(c2cc3ncccc3cc2NC(=O)c2cnn3cc(O)cnc23)CC1. The molecule has 1 saturated heterocycles. The van der Waals surface area contributed by atoms with E-state index in [4.69, 9.17) is 0 Å². The fourth-order valence-electron chi connectivity index (χ4n) is 4.40. The van der Waals surface area contributed by atoms with Gasteiger partial charge in [0, 0.05) is 24.7 Å². The van der Waals surface area contributed by atoms with Crippen molar-refractivity contribution >= 4 is 40.9 Å². The number of nitrogens with one attached hydrogen (secondary N) is 2. The molecule has 0 unspecified atom stereocenters. The lowest BCUT2D eigenvalue weighted by atomic mass is 9.86. The molecule has 174 valence electrons. The number of amides is 1. The zero-order chi connectivity index (χ0) is 23.7. The summed E-state index contributed by atoms with van der Waals surface area (Å²) in [5, 5.41) is 30.3. The molecule has 4 N–H and O–H groups in total. The van der Waals surface area contributed by atoms with Crippen LogP contribution in [0.4, 0.5) is 11.4 Å². The van der Waals surface area contributed by atoms with Crippen molar-refractivity contribution in [3.8, 4) is 5.75 Å². The average Bonchev–Trinajstić information content (AvgIpc) is 3.26. The van der Waals surface area contributed by atoms with Crippen LogP contribution < -0.4 is 15.4 Å². The van der Waals surface area contributed by atoms with E-state index >= 15 is 0 Å². The lowest BCUT2D eigenvalue weighted by Crippen LogP contribution is -2.41. The number of rotatable bonds is 6. The van der Waals surface area contributed by atoms with Crippen molar-refractivity contribution in [1.82, 2.24) is 24.8 Å². The van der Waals surface area contributed by atoms with Gasteiger partial charge in [-0.25, -0.2) is 9.50 Å². The van der Waals surface area contributed by atoms with Crippen molar-refractivity contribution in [3.63, 3.8) is 0 Å². The second-order valence-electron chi connectivity index (χ2n) is 8.67. The van der Waals surface area contributed by atoms with Crippen LogP contribution in [-0.2, 0) is 0 Å². The van der Waals surface area contributed by atoms with Crippen molar-refractivity contribution in [2.24, 2.45) is 5.92 Å². The van der Waals surface area contributed by atoms with Crippen LogP contribution >= 0.6 is 0 Å². The van der Waals surface area contributed by atoms with Crippen LogP contribution in [0, 0.1) is 5.92 Å². The Kier molecular flexibility index (Phi) is 6.03. The molecular formula is C23H26BN7O3. The molecule has 4 aromatic rings. The summed E-state index contributed by atoms with van der Waals surface area (Å²) in [6.07, 6.45) is 7.86. The molecule has 11 heteroatoms. The van der Waals surface area contributed by atoms with Crippen molar-refractivity contribution in [1.29, 1.82) is 0 Å². The van der Waals surface area contributed by atoms with E-state index in [0.717, 1.165) is 49.1 Å². The molecule has 1 aliphatic rings. The lowest BCUT2D eigenvalue weighted by Gasteiger charge is -2.35. The molecule has 1 aromatic carbocycles. The van der Waals surface area contributed by atoms with Crippen LogP contribution in [-0.4, -0.2) is 62.3 Å². The highest BCUT2D eigenvalue weighted by molar-refractivity contribution is 6.45. The van der Waals surface area contributed by atoms with Gasteiger partial charge in [0.2, 0.25) is 0 Å². The van der Waals surface area contributed by atoms with Gasteiger partial charge >= 0.3 is 7.05 Å². The predicted molar refractivity (Wildman–Crippen MR) is 131 cm³/mol. The minimum atomic E-state index is -0.509. The molecule has 1 amide bonds. The molecule has 3 aromatic heterocycles. The van der Waals surface area contributed by atoms with Crippen molar-refractivity contribution in [3.05, 3.63) is 54.6 Å². The first-order valence-electron chi connectivity index (χ1n) is 11.4. The van der Waals surface area contributed by atoms with Gasteiger partial charge in [-0.1, -0.05) is 6.07 Å². The molecule has 0 aliphatic carbocycles. The molecule has 0 atom stereocenters. The van der Waals surface area contributed by atoms with E-state index in [-0.39, 0.29) is 11.7 Å². The highest BCUT2D eigenvalue weighted by atomic mass is 16.3. The maximum absolute atomic E-state index is 13.2. The maximum Gasteiger partial charge on any atom is 0.373 e. The largest absolute Gasteiger partial charge is 0.505 e. The smallest absolute Gasteiger partial charge is 0.373 e. The number of aromatic nitrogens is 4. The van der Waals surface area contributed by atoms with Crippen LogP contribution in [0.2, 0.25) is 6.82 Å². The summed E-state index contributed by atoms with van der Waals surface area (Å²) in [5.74, 6) is 0.136. The Bertz CT molecular complexity index is 1330. The molecule has 1 fully saturated rings. The third-order valence-electron chi connectivity index (χ3n) is 6.21. The van der Waals surface area contributed by atoms with Crippen molar-refractivity contribution in [2.75, 3.05) is 29.9 Å². The topological polar surface area (TPSA) is 128 Å². The number of nitrogens with zero attached hydrogens (tertiary/aromatic N) is 5. The summed E-state index contributed by atoms with van der Waals surface area (Å²) in [5.41, 5.74) is 3.17. The second-order valence-corrected chi connectivity index (χ2v) is 8.67.